The highest BCUT2D eigenvalue weighted by Crippen LogP contribution is 2.14. The predicted octanol–water partition coefficient (Wildman–Crippen LogP) is 0.0772. The quantitative estimate of drug-likeness (QED) is 0.546. The largest absolute Gasteiger partial charge is 0.388 e. The van der Waals surface area contributed by atoms with Gasteiger partial charge < -0.3 is 5.32 Å². The standard InChI is InChI=1S/C4H4NO2S/c6-4(7)3-5-1-2-8-3/h1-3,5H. The number of hydrogen-bond donors (Lipinski definition) is 1. The molecule has 0 aromatic heterocycles. The molecule has 1 aliphatic rings. The molecule has 0 amide bonds. The van der Waals surface area contributed by atoms with Gasteiger partial charge in [0.25, 0.3) is 0 Å². The predicted molar refractivity (Wildman–Crippen MR) is 29.3 cm³/mol. The molecule has 0 aromatic carbocycles. The summed E-state index contributed by atoms with van der Waals surface area (Å²) in [5, 5.41) is 13.7. The fraction of sp³-hybridized carbons (Fsp3) is 0.250. The average molecular weight is 130 g/mol. The first-order valence-corrected chi connectivity index (χ1v) is 3.02. The third-order valence-corrected chi connectivity index (χ3v) is 1.64. The van der Waals surface area contributed by atoms with Crippen molar-refractivity contribution in [2.24, 2.45) is 0 Å². The molecule has 0 saturated carbocycles. The van der Waals surface area contributed by atoms with Gasteiger partial charge in [0.2, 0.25) is 0 Å². The first-order chi connectivity index (χ1) is 3.80. The van der Waals surface area contributed by atoms with E-state index in [2.05, 4.69) is 5.32 Å². The third-order valence-electron chi connectivity index (χ3n) is 0.744. The Hall–Kier alpha value is -0.640. The molecule has 8 heavy (non-hydrogen) atoms. The van der Waals surface area contributed by atoms with Gasteiger partial charge in [0.05, 0.1) is 0 Å². The molecule has 0 bridgehead atoms. The third kappa shape index (κ3) is 0.949. The summed E-state index contributed by atoms with van der Waals surface area (Å²) in [5.41, 5.74) is 0. The van der Waals surface area contributed by atoms with E-state index >= 15 is 0 Å². The van der Waals surface area contributed by atoms with Crippen LogP contribution < -0.4 is 5.32 Å². The normalized spacial score (nSPS) is 25.2. The van der Waals surface area contributed by atoms with Crippen molar-refractivity contribution in [2.45, 2.75) is 5.37 Å². The molecule has 1 rings (SSSR count). The SMILES string of the molecule is [O]C(=O)C1NC=CS1. The van der Waals surface area contributed by atoms with Gasteiger partial charge in [-0.25, -0.2) is 9.90 Å². The van der Waals surface area contributed by atoms with Crippen molar-refractivity contribution in [3.8, 4) is 0 Å². The Labute approximate surface area is 50.8 Å². The molecule has 1 heterocycles. The van der Waals surface area contributed by atoms with Crippen molar-refractivity contribution < 1.29 is 9.90 Å². The maximum atomic E-state index is 9.97. The molecule has 1 aliphatic heterocycles. The van der Waals surface area contributed by atoms with Gasteiger partial charge in [-0.3, -0.25) is 0 Å². The molecular formula is C4H4NO2S. The van der Waals surface area contributed by atoms with Crippen LogP contribution in [-0.4, -0.2) is 11.3 Å². The monoisotopic (exact) mass is 130 g/mol. The molecule has 0 spiro atoms. The van der Waals surface area contributed by atoms with Crippen LogP contribution in [-0.2, 0) is 9.90 Å². The minimum Gasteiger partial charge on any atom is -0.369 e. The molecular weight excluding hydrogens is 126 g/mol. The van der Waals surface area contributed by atoms with E-state index in [9.17, 15) is 9.90 Å². The fourth-order valence-corrected chi connectivity index (χ4v) is 0.990. The Morgan fingerprint density at radius 2 is 2.50 bits per heavy atom. The van der Waals surface area contributed by atoms with Gasteiger partial charge in [-0.05, 0) is 5.41 Å². The summed E-state index contributed by atoms with van der Waals surface area (Å²) in [5.74, 6) is -1.07. The number of rotatable bonds is 1. The lowest BCUT2D eigenvalue weighted by atomic mass is 10.6. The first kappa shape index (κ1) is 5.50. The van der Waals surface area contributed by atoms with Gasteiger partial charge in [0.1, 0.15) is 0 Å². The van der Waals surface area contributed by atoms with E-state index in [0.29, 0.717) is 0 Å². The maximum absolute atomic E-state index is 9.97. The second-order valence-corrected chi connectivity index (χ2v) is 2.32. The zero-order valence-corrected chi connectivity index (χ0v) is 4.77. The number of hydrogen-bond acceptors (Lipinski definition) is 3. The van der Waals surface area contributed by atoms with Crippen molar-refractivity contribution in [2.75, 3.05) is 0 Å². The zero-order chi connectivity index (χ0) is 5.98. The minimum absolute atomic E-state index is 0.574. The first-order valence-electron chi connectivity index (χ1n) is 2.08. The summed E-state index contributed by atoms with van der Waals surface area (Å²) < 4.78 is 0. The van der Waals surface area contributed by atoms with Crippen molar-refractivity contribution in [1.29, 1.82) is 0 Å². The molecule has 1 atom stereocenters. The molecule has 1 radical (unpaired) electrons. The van der Waals surface area contributed by atoms with E-state index in [1.807, 2.05) is 0 Å². The molecule has 0 saturated heterocycles. The van der Waals surface area contributed by atoms with Crippen LogP contribution in [0.15, 0.2) is 11.6 Å². The lowest BCUT2D eigenvalue weighted by Crippen LogP contribution is -2.24. The number of thioether (sulfide) groups is 1. The number of carbonyl (C=O) groups is 1. The molecule has 4 heteroatoms. The second-order valence-electron chi connectivity index (χ2n) is 1.30. The van der Waals surface area contributed by atoms with E-state index in [-0.39, 0.29) is 0 Å². The summed E-state index contributed by atoms with van der Waals surface area (Å²) in [7, 11) is 0. The average Bonchev–Trinajstić information content (AvgIpc) is 2.12. The topological polar surface area (TPSA) is 49.0 Å². The van der Waals surface area contributed by atoms with Gasteiger partial charge in [-0.2, -0.15) is 0 Å². The van der Waals surface area contributed by atoms with Crippen molar-refractivity contribution in [3.05, 3.63) is 11.6 Å². The van der Waals surface area contributed by atoms with Crippen molar-refractivity contribution >= 4 is 17.7 Å². The summed E-state index contributed by atoms with van der Waals surface area (Å²) in [6.45, 7) is 0. The molecule has 0 aromatic rings. The van der Waals surface area contributed by atoms with Crippen LogP contribution in [0.3, 0.4) is 0 Å². The zero-order valence-electron chi connectivity index (χ0n) is 3.96. The highest BCUT2D eigenvalue weighted by molar-refractivity contribution is 8.03. The number of carbonyl (C=O) groups excluding carboxylic acids is 1. The van der Waals surface area contributed by atoms with Crippen LogP contribution in [0.25, 0.3) is 0 Å². The summed E-state index contributed by atoms with van der Waals surface area (Å²) in [6, 6.07) is 0. The molecule has 43 valence electrons. The maximum Gasteiger partial charge on any atom is 0.388 e. The molecule has 1 N–H and O–H groups in total. The van der Waals surface area contributed by atoms with Crippen LogP contribution in [0.4, 0.5) is 0 Å². The van der Waals surface area contributed by atoms with Gasteiger partial charge in [0, 0.05) is 6.20 Å². The molecule has 1 unspecified atom stereocenters. The van der Waals surface area contributed by atoms with Gasteiger partial charge in [0.15, 0.2) is 5.37 Å². The highest BCUT2D eigenvalue weighted by atomic mass is 32.2. The van der Waals surface area contributed by atoms with Crippen molar-refractivity contribution in [1.82, 2.24) is 5.32 Å². The van der Waals surface area contributed by atoms with E-state index in [4.69, 9.17) is 0 Å². The van der Waals surface area contributed by atoms with Crippen LogP contribution in [0.2, 0.25) is 0 Å². The number of nitrogens with one attached hydrogen (secondary N) is 1. The smallest absolute Gasteiger partial charge is 0.369 e. The molecule has 0 fully saturated rings. The van der Waals surface area contributed by atoms with E-state index in [1.54, 1.807) is 11.6 Å². The Morgan fingerprint density at radius 1 is 1.75 bits per heavy atom. The molecule has 3 nitrogen and oxygen atoms in total. The van der Waals surface area contributed by atoms with Crippen LogP contribution in [0, 0.1) is 0 Å². The van der Waals surface area contributed by atoms with E-state index in [1.165, 1.54) is 11.8 Å². The Balaban J connectivity index is 2.41. The van der Waals surface area contributed by atoms with E-state index < -0.39 is 11.3 Å². The second kappa shape index (κ2) is 2.09. The minimum atomic E-state index is -1.07. The molecule has 0 aliphatic carbocycles. The van der Waals surface area contributed by atoms with Gasteiger partial charge >= 0.3 is 5.97 Å². The fourth-order valence-electron chi connectivity index (χ4n) is 0.407. The summed E-state index contributed by atoms with van der Waals surface area (Å²) >= 11 is 1.20. The lowest BCUT2D eigenvalue weighted by molar-refractivity contribution is -0.142. The lowest BCUT2D eigenvalue weighted by Gasteiger charge is -1.97. The van der Waals surface area contributed by atoms with Gasteiger partial charge in [-0.15, -0.1) is 0 Å². The summed E-state index contributed by atoms with van der Waals surface area (Å²) in [6.07, 6.45) is 1.59. The highest BCUT2D eigenvalue weighted by Gasteiger charge is 2.19. The Kier molecular flexibility index (Phi) is 1.43. The van der Waals surface area contributed by atoms with Crippen LogP contribution in [0.1, 0.15) is 0 Å². The van der Waals surface area contributed by atoms with Crippen LogP contribution >= 0.6 is 11.8 Å². The summed E-state index contributed by atoms with van der Waals surface area (Å²) in [4.78, 5) is 9.97. The Morgan fingerprint density at radius 3 is 2.75 bits per heavy atom. The van der Waals surface area contributed by atoms with Crippen LogP contribution in [0.5, 0.6) is 0 Å². The van der Waals surface area contributed by atoms with Gasteiger partial charge in [-0.1, -0.05) is 11.8 Å². The van der Waals surface area contributed by atoms with E-state index in [0.717, 1.165) is 0 Å². The Bertz CT molecular complexity index is 126. The van der Waals surface area contributed by atoms with Crippen molar-refractivity contribution in [3.63, 3.8) is 0 Å².